The van der Waals surface area contributed by atoms with Gasteiger partial charge in [0.15, 0.2) is 0 Å². The van der Waals surface area contributed by atoms with Crippen molar-refractivity contribution in [3.05, 3.63) is 0 Å². The summed E-state index contributed by atoms with van der Waals surface area (Å²) in [5.41, 5.74) is 0. The first-order valence-corrected chi connectivity index (χ1v) is 6.31. The fraction of sp³-hybridized carbons (Fsp3) is 1.00. The Kier molecular flexibility index (Phi) is 13.5. The van der Waals surface area contributed by atoms with E-state index < -0.39 is 0 Å². The van der Waals surface area contributed by atoms with Gasteiger partial charge in [0, 0.05) is 13.2 Å². The molecule has 2 nitrogen and oxygen atoms in total. The predicted molar refractivity (Wildman–Crippen MR) is 64.3 cm³/mol. The molecule has 0 aliphatic heterocycles. The molecule has 0 amide bonds. The van der Waals surface area contributed by atoms with E-state index in [1.165, 1.54) is 19.3 Å². The summed E-state index contributed by atoms with van der Waals surface area (Å²) in [4.78, 5) is 0. The van der Waals surface area contributed by atoms with Gasteiger partial charge in [-0.25, -0.2) is 0 Å². The molecule has 0 N–H and O–H groups in total. The van der Waals surface area contributed by atoms with Gasteiger partial charge < -0.3 is 9.47 Å². The van der Waals surface area contributed by atoms with Gasteiger partial charge in [-0.05, 0) is 25.0 Å². The van der Waals surface area contributed by atoms with Crippen LogP contribution in [0, 0.1) is 0 Å². The lowest BCUT2D eigenvalue weighted by atomic mass is 10.3. The largest absolute Gasteiger partial charge is 0.379 e. The molecule has 0 radical (unpaired) electrons. The molecule has 0 spiro atoms. The van der Waals surface area contributed by atoms with Crippen LogP contribution in [0.5, 0.6) is 0 Å². The van der Waals surface area contributed by atoms with Crippen molar-refractivity contribution in [2.24, 2.45) is 0 Å². The highest BCUT2D eigenvalue weighted by Gasteiger charge is 1.90. The summed E-state index contributed by atoms with van der Waals surface area (Å²) in [5, 5.41) is 0. The molecule has 0 rings (SSSR count). The summed E-state index contributed by atoms with van der Waals surface area (Å²) in [7, 11) is 0. The summed E-state index contributed by atoms with van der Waals surface area (Å²) >= 11 is 4.15. The quantitative estimate of drug-likeness (QED) is 0.426. The number of unbranched alkanes of at least 4 members (excludes halogenated alkanes) is 3. The van der Waals surface area contributed by atoms with E-state index in [1.807, 2.05) is 0 Å². The minimum absolute atomic E-state index is 0.741. The molecule has 0 atom stereocenters. The Balaban J connectivity index is 2.78. The monoisotopic (exact) mass is 220 g/mol. The highest BCUT2D eigenvalue weighted by atomic mass is 32.1. The van der Waals surface area contributed by atoms with E-state index in [4.69, 9.17) is 9.47 Å². The molecule has 0 bridgehead atoms. The van der Waals surface area contributed by atoms with Crippen LogP contribution in [-0.2, 0) is 9.47 Å². The molecule has 0 unspecified atom stereocenters. The van der Waals surface area contributed by atoms with Crippen molar-refractivity contribution in [2.45, 2.75) is 39.0 Å². The average Bonchev–Trinajstić information content (AvgIpc) is 2.21. The molecule has 0 aromatic rings. The SMILES string of the molecule is CCCCOCCOCCCCCS. The van der Waals surface area contributed by atoms with Crippen molar-refractivity contribution in [3.63, 3.8) is 0 Å². The predicted octanol–water partition coefficient (Wildman–Crippen LogP) is 2.92. The van der Waals surface area contributed by atoms with Gasteiger partial charge >= 0.3 is 0 Å². The standard InChI is InChI=1S/C11H24O2S/c1-2-3-7-12-9-10-13-8-5-4-6-11-14/h14H,2-11H2,1H3. The Bertz CT molecular complexity index is 87.3. The van der Waals surface area contributed by atoms with Crippen LogP contribution >= 0.6 is 12.6 Å². The summed E-state index contributed by atoms with van der Waals surface area (Å²) in [6, 6.07) is 0. The normalized spacial score (nSPS) is 10.7. The number of hydrogen-bond acceptors (Lipinski definition) is 3. The Labute approximate surface area is 93.8 Å². The lowest BCUT2D eigenvalue weighted by Gasteiger charge is -2.04. The van der Waals surface area contributed by atoms with E-state index in [9.17, 15) is 0 Å². The van der Waals surface area contributed by atoms with Crippen molar-refractivity contribution in [3.8, 4) is 0 Å². The van der Waals surface area contributed by atoms with Gasteiger partial charge in [-0.2, -0.15) is 12.6 Å². The van der Waals surface area contributed by atoms with Crippen LogP contribution in [0.2, 0.25) is 0 Å². The van der Waals surface area contributed by atoms with Crippen LogP contribution < -0.4 is 0 Å². The fourth-order valence-electron chi connectivity index (χ4n) is 1.06. The second kappa shape index (κ2) is 13.3. The number of ether oxygens (including phenoxy) is 2. The molecule has 86 valence electrons. The fourth-order valence-corrected chi connectivity index (χ4v) is 1.28. The Morgan fingerprint density at radius 1 is 0.786 bits per heavy atom. The lowest BCUT2D eigenvalue weighted by molar-refractivity contribution is 0.0454. The summed E-state index contributed by atoms with van der Waals surface area (Å²) < 4.78 is 10.8. The van der Waals surface area contributed by atoms with Gasteiger partial charge in [0.1, 0.15) is 0 Å². The molecule has 14 heavy (non-hydrogen) atoms. The Morgan fingerprint density at radius 3 is 2.00 bits per heavy atom. The van der Waals surface area contributed by atoms with Crippen molar-refractivity contribution in [2.75, 3.05) is 32.2 Å². The average molecular weight is 220 g/mol. The van der Waals surface area contributed by atoms with Gasteiger partial charge in [-0.3, -0.25) is 0 Å². The Morgan fingerprint density at radius 2 is 1.43 bits per heavy atom. The lowest BCUT2D eigenvalue weighted by Crippen LogP contribution is -2.06. The minimum Gasteiger partial charge on any atom is -0.379 e. The first-order valence-electron chi connectivity index (χ1n) is 5.68. The zero-order chi connectivity index (χ0) is 10.5. The van der Waals surface area contributed by atoms with Crippen molar-refractivity contribution in [1.82, 2.24) is 0 Å². The number of hydrogen-bond donors (Lipinski definition) is 1. The third kappa shape index (κ3) is 12.3. The molecule has 0 heterocycles. The zero-order valence-electron chi connectivity index (χ0n) is 9.33. The molecule has 0 fully saturated rings. The van der Waals surface area contributed by atoms with E-state index in [-0.39, 0.29) is 0 Å². The van der Waals surface area contributed by atoms with Crippen LogP contribution in [0.3, 0.4) is 0 Å². The van der Waals surface area contributed by atoms with E-state index >= 15 is 0 Å². The summed E-state index contributed by atoms with van der Waals surface area (Å²) in [6.45, 7) is 5.39. The van der Waals surface area contributed by atoms with Crippen LogP contribution in [0.25, 0.3) is 0 Å². The molecule has 0 aliphatic carbocycles. The highest BCUT2D eigenvalue weighted by molar-refractivity contribution is 7.80. The topological polar surface area (TPSA) is 18.5 Å². The van der Waals surface area contributed by atoms with E-state index in [2.05, 4.69) is 19.6 Å². The number of rotatable bonds is 11. The zero-order valence-corrected chi connectivity index (χ0v) is 10.2. The molecule has 0 aromatic carbocycles. The molecular weight excluding hydrogens is 196 g/mol. The van der Waals surface area contributed by atoms with Gasteiger partial charge in [-0.15, -0.1) is 0 Å². The van der Waals surface area contributed by atoms with Crippen LogP contribution in [0.4, 0.5) is 0 Å². The highest BCUT2D eigenvalue weighted by Crippen LogP contribution is 1.97. The molecule has 0 saturated carbocycles. The molecule has 0 saturated heterocycles. The first-order chi connectivity index (χ1) is 6.91. The van der Waals surface area contributed by atoms with Crippen molar-refractivity contribution < 1.29 is 9.47 Å². The van der Waals surface area contributed by atoms with E-state index in [1.54, 1.807) is 0 Å². The maximum Gasteiger partial charge on any atom is 0.0700 e. The van der Waals surface area contributed by atoms with Crippen molar-refractivity contribution >= 4 is 12.6 Å². The second-order valence-corrected chi connectivity index (χ2v) is 3.81. The molecule has 3 heteroatoms. The Hall–Kier alpha value is 0.270. The maximum absolute atomic E-state index is 5.41. The molecule has 0 aliphatic rings. The summed E-state index contributed by atoms with van der Waals surface area (Å²) in [6.07, 6.45) is 5.92. The van der Waals surface area contributed by atoms with Crippen LogP contribution in [0.1, 0.15) is 39.0 Å². The van der Waals surface area contributed by atoms with E-state index in [0.29, 0.717) is 0 Å². The van der Waals surface area contributed by atoms with Gasteiger partial charge in [0.25, 0.3) is 0 Å². The second-order valence-electron chi connectivity index (χ2n) is 3.36. The minimum atomic E-state index is 0.741. The van der Waals surface area contributed by atoms with Crippen molar-refractivity contribution in [1.29, 1.82) is 0 Å². The van der Waals surface area contributed by atoms with Crippen LogP contribution in [-0.4, -0.2) is 32.2 Å². The van der Waals surface area contributed by atoms with Gasteiger partial charge in [0.05, 0.1) is 13.2 Å². The third-order valence-corrected chi connectivity index (χ3v) is 2.28. The number of thiol groups is 1. The van der Waals surface area contributed by atoms with Gasteiger partial charge in [0.2, 0.25) is 0 Å². The van der Waals surface area contributed by atoms with Gasteiger partial charge in [-0.1, -0.05) is 19.8 Å². The smallest absolute Gasteiger partial charge is 0.0700 e. The first kappa shape index (κ1) is 14.3. The van der Waals surface area contributed by atoms with E-state index in [0.717, 1.165) is 45.0 Å². The molecular formula is C11H24O2S. The van der Waals surface area contributed by atoms with Crippen LogP contribution in [0.15, 0.2) is 0 Å². The molecule has 0 aromatic heterocycles. The maximum atomic E-state index is 5.41. The third-order valence-electron chi connectivity index (χ3n) is 1.96. The summed E-state index contributed by atoms with van der Waals surface area (Å²) in [5.74, 6) is 0.986.